The minimum atomic E-state index is -1.21. The van der Waals surface area contributed by atoms with Crippen molar-refractivity contribution in [3.05, 3.63) is 0 Å². The molecule has 0 aromatic carbocycles. The maximum absolute atomic E-state index is 13.5. The van der Waals surface area contributed by atoms with Gasteiger partial charge in [0, 0.05) is 13.1 Å². The van der Waals surface area contributed by atoms with Crippen molar-refractivity contribution in [1.29, 1.82) is 0 Å². The zero-order valence-electron chi connectivity index (χ0n) is 17.3. The summed E-state index contributed by atoms with van der Waals surface area (Å²) < 4.78 is 40.0. The number of hydrogen-bond acceptors (Lipinski definition) is 7. The van der Waals surface area contributed by atoms with Crippen LogP contribution in [0.1, 0.15) is 34.6 Å². The summed E-state index contributed by atoms with van der Waals surface area (Å²) in [4.78, 5) is 11.4. The number of hydrogen-bond donors (Lipinski definition) is 2. The van der Waals surface area contributed by atoms with Crippen molar-refractivity contribution < 1.29 is 32.9 Å². The summed E-state index contributed by atoms with van der Waals surface area (Å²) in [5.41, 5.74) is 3.87. The maximum Gasteiger partial charge on any atom is 0.407 e. The lowest BCUT2D eigenvalue weighted by Gasteiger charge is -2.28. The first-order chi connectivity index (χ1) is 12.6. The minimum absolute atomic E-state index is 0.0686. The lowest BCUT2D eigenvalue weighted by molar-refractivity contribution is -0.0883. The van der Waals surface area contributed by atoms with Crippen LogP contribution >= 0.6 is 0 Å². The molecule has 0 fully saturated rings. The van der Waals surface area contributed by atoms with E-state index in [-0.39, 0.29) is 6.54 Å². The molecule has 0 rings (SSSR count). The Hall–Kier alpha value is -1.00. The summed E-state index contributed by atoms with van der Waals surface area (Å²) in [6.07, 6.45) is -1.67. The number of alkyl halides is 1. The zero-order chi connectivity index (χ0) is 20.8. The van der Waals surface area contributed by atoms with Gasteiger partial charge in [-0.1, -0.05) is 0 Å². The second-order valence-electron chi connectivity index (χ2n) is 7.42. The number of ether oxygens (including phenoxy) is 5. The van der Waals surface area contributed by atoms with Crippen LogP contribution in [0.3, 0.4) is 0 Å². The highest BCUT2D eigenvalue weighted by molar-refractivity contribution is 5.67. The fourth-order valence-electron chi connectivity index (χ4n) is 1.82. The minimum Gasteiger partial charge on any atom is -0.444 e. The average molecular weight is 397 g/mol. The van der Waals surface area contributed by atoms with Gasteiger partial charge in [-0.25, -0.2) is 9.18 Å². The third kappa shape index (κ3) is 15.7. The molecule has 0 aromatic rings. The van der Waals surface area contributed by atoms with Gasteiger partial charge in [-0.3, -0.25) is 0 Å². The normalized spacial score (nSPS) is 13.4. The largest absolute Gasteiger partial charge is 0.444 e. The van der Waals surface area contributed by atoms with E-state index in [2.05, 4.69) is 5.32 Å². The Kier molecular flexibility index (Phi) is 13.5. The molecule has 0 aromatic heterocycles. The van der Waals surface area contributed by atoms with Crippen molar-refractivity contribution in [3.8, 4) is 0 Å². The summed E-state index contributed by atoms with van der Waals surface area (Å²) in [5.74, 6) is 0. The topological polar surface area (TPSA) is 101 Å². The summed E-state index contributed by atoms with van der Waals surface area (Å²) in [6, 6.07) is 0. The van der Waals surface area contributed by atoms with E-state index >= 15 is 0 Å². The first-order valence-electron chi connectivity index (χ1n) is 9.26. The van der Waals surface area contributed by atoms with E-state index < -0.39 is 23.5 Å². The molecule has 0 aliphatic rings. The summed E-state index contributed by atoms with van der Waals surface area (Å²) in [6.45, 7) is 11.8. The molecule has 0 saturated carbocycles. The maximum atomic E-state index is 13.5. The van der Waals surface area contributed by atoms with Crippen LogP contribution in [0.4, 0.5) is 9.18 Å². The van der Waals surface area contributed by atoms with Crippen LogP contribution < -0.4 is 11.1 Å². The van der Waals surface area contributed by atoms with E-state index in [0.717, 1.165) is 0 Å². The SMILES string of the molecule is CC(C)(C)OC(=O)NCCOCCOCCOCCOC(C)(C)C(F)CN. The monoisotopic (exact) mass is 396 g/mol. The number of carbonyl (C=O) groups is 1. The van der Waals surface area contributed by atoms with Crippen molar-refractivity contribution in [2.45, 2.75) is 52.0 Å². The first-order valence-corrected chi connectivity index (χ1v) is 9.26. The molecule has 162 valence electrons. The number of nitrogens with one attached hydrogen (secondary N) is 1. The van der Waals surface area contributed by atoms with Crippen LogP contribution in [0.5, 0.6) is 0 Å². The van der Waals surface area contributed by atoms with Gasteiger partial charge in [0.2, 0.25) is 0 Å². The average Bonchev–Trinajstić information content (AvgIpc) is 2.56. The van der Waals surface area contributed by atoms with Gasteiger partial charge in [-0.15, -0.1) is 0 Å². The number of rotatable bonds is 15. The highest BCUT2D eigenvalue weighted by Crippen LogP contribution is 2.16. The summed E-state index contributed by atoms with van der Waals surface area (Å²) in [5, 5.41) is 2.60. The summed E-state index contributed by atoms with van der Waals surface area (Å²) >= 11 is 0. The molecule has 1 unspecified atom stereocenters. The van der Waals surface area contributed by atoms with Gasteiger partial charge in [-0.05, 0) is 34.6 Å². The van der Waals surface area contributed by atoms with Gasteiger partial charge in [0.1, 0.15) is 11.8 Å². The second kappa shape index (κ2) is 14.1. The van der Waals surface area contributed by atoms with Crippen LogP contribution in [0.2, 0.25) is 0 Å². The lowest BCUT2D eigenvalue weighted by atomic mass is 10.0. The van der Waals surface area contributed by atoms with Crippen LogP contribution in [0.25, 0.3) is 0 Å². The molecule has 3 N–H and O–H groups in total. The van der Waals surface area contributed by atoms with Crippen LogP contribution in [0, 0.1) is 0 Å². The molecule has 0 spiro atoms. The fourth-order valence-corrected chi connectivity index (χ4v) is 1.82. The van der Waals surface area contributed by atoms with Crippen LogP contribution in [-0.2, 0) is 23.7 Å². The Morgan fingerprint density at radius 2 is 1.41 bits per heavy atom. The van der Waals surface area contributed by atoms with E-state index in [1.54, 1.807) is 34.6 Å². The van der Waals surface area contributed by atoms with Crippen molar-refractivity contribution in [3.63, 3.8) is 0 Å². The number of nitrogens with two attached hydrogens (primary N) is 1. The summed E-state index contributed by atoms with van der Waals surface area (Å²) in [7, 11) is 0. The Morgan fingerprint density at radius 1 is 0.926 bits per heavy atom. The van der Waals surface area contributed by atoms with Gasteiger partial charge < -0.3 is 34.7 Å². The molecule has 27 heavy (non-hydrogen) atoms. The Balaban J connectivity index is 3.36. The fraction of sp³-hybridized carbons (Fsp3) is 0.944. The quantitative estimate of drug-likeness (QED) is 0.406. The van der Waals surface area contributed by atoms with Crippen molar-refractivity contribution in [2.24, 2.45) is 5.73 Å². The number of amides is 1. The molecular formula is C18H37FN2O6. The van der Waals surface area contributed by atoms with Gasteiger partial charge in [0.15, 0.2) is 0 Å². The number of carbonyl (C=O) groups excluding carboxylic acids is 1. The smallest absolute Gasteiger partial charge is 0.407 e. The third-order valence-corrected chi connectivity index (χ3v) is 3.32. The van der Waals surface area contributed by atoms with Crippen molar-refractivity contribution >= 4 is 6.09 Å². The molecule has 0 aliphatic heterocycles. The van der Waals surface area contributed by atoms with E-state index in [9.17, 15) is 9.18 Å². The third-order valence-electron chi connectivity index (χ3n) is 3.32. The molecule has 9 heteroatoms. The molecular weight excluding hydrogens is 359 g/mol. The molecule has 0 radical (unpaired) electrons. The van der Waals surface area contributed by atoms with Gasteiger partial charge in [0.05, 0.1) is 51.8 Å². The van der Waals surface area contributed by atoms with Crippen LogP contribution in [0.15, 0.2) is 0 Å². The molecule has 8 nitrogen and oxygen atoms in total. The highest BCUT2D eigenvalue weighted by Gasteiger charge is 2.29. The van der Waals surface area contributed by atoms with Crippen LogP contribution in [-0.4, -0.2) is 82.8 Å². The number of alkyl carbamates (subject to hydrolysis) is 1. The molecule has 0 heterocycles. The highest BCUT2D eigenvalue weighted by atomic mass is 19.1. The van der Waals surface area contributed by atoms with E-state index in [1.165, 1.54) is 0 Å². The number of halogens is 1. The molecule has 1 atom stereocenters. The molecule has 0 bridgehead atoms. The zero-order valence-corrected chi connectivity index (χ0v) is 17.3. The molecule has 1 amide bonds. The van der Waals surface area contributed by atoms with E-state index in [4.69, 9.17) is 29.4 Å². The Labute approximate surface area is 162 Å². The Morgan fingerprint density at radius 3 is 1.89 bits per heavy atom. The van der Waals surface area contributed by atoms with Gasteiger partial charge >= 0.3 is 6.09 Å². The lowest BCUT2D eigenvalue weighted by Crippen LogP contribution is -2.41. The van der Waals surface area contributed by atoms with Gasteiger partial charge in [0.25, 0.3) is 0 Å². The Bertz CT molecular complexity index is 391. The first kappa shape index (κ1) is 26.0. The predicted molar refractivity (Wildman–Crippen MR) is 101 cm³/mol. The van der Waals surface area contributed by atoms with Gasteiger partial charge in [-0.2, -0.15) is 0 Å². The second-order valence-corrected chi connectivity index (χ2v) is 7.42. The molecule has 0 aliphatic carbocycles. The predicted octanol–water partition coefficient (Wildman–Crippen LogP) is 1.65. The van der Waals surface area contributed by atoms with E-state index in [1.807, 2.05) is 0 Å². The van der Waals surface area contributed by atoms with Crippen molar-refractivity contribution in [1.82, 2.24) is 5.32 Å². The standard InChI is InChI=1S/C18H37FN2O6/c1-17(2,3)27-16(22)21-6-7-23-8-9-24-10-11-25-12-13-26-18(4,5)15(19)14-20/h15H,6-14,20H2,1-5H3,(H,21,22). The molecule has 0 saturated heterocycles. The van der Waals surface area contributed by atoms with Crippen molar-refractivity contribution in [2.75, 3.05) is 59.3 Å². The van der Waals surface area contributed by atoms with E-state index in [0.29, 0.717) is 52.8 Å².